The smallest absolute Gasteiger partial charge is 0.331 e. The van der Waals surface area contributed by atoms with E-state index in [1.54, 1.807) is 30.3 Å². The molecule has 6 heteroatoms. The molecule has 2 rings (SSSR count). The number of amides is 1. The molecule has 0 aliphatic carbocycles. The van der Waals surface area contributed by atoms with Crippen LogP contribution in [0.25, 0.3) is 6.08 Å². The number of rotatable bonds is 5. The van der Waals surface area contributed by atoms with E-state index in [9.17, 15) is 9.59 Å². The van der Waals surface area contributed by atoms with Crippen LogP contribution in [0.2, 0.25) is 0 Å². The first kappa shape index (κ1) is 16.5. The van der Waals surface area contributed by atoms with E-state index in [2.05, 4.69) is 5.32 Å². The number of hydrogen-bond donors (Lipinski definition) is 1. The summed E-state index contributed by atoms with van der Waals surface area (Å²) in [5.41, 5.74) is 2.12. The third kappa shape index (κ3) is 5.09. The van der Waals surface area contributed by atoms with Crippen molar-refractivity contribution in [2.75, 3.05) is 11.9 Å². The first-order chi connectivity index (χ1) is 11.1. The van der Waals surface area contributed by atoms with Crippen molar-refractivity contribution in [2.45, 2.75) is 6.92 Å². The van der Waals surface area contributed by atoms with Gasteiger partial charge < -0.3 is 10.1 Å². The Hall–Kier alpha value is -2.91. The van der Waals surface area contributed by atoms with Gasteiger partial charge in [0.25, 0.3) is 5.91 Å². The zero-order valence-corrected chi connectivity index (χ0v) is 13.2. The van der Waals surface area contributed by atoms with E-state index < -0.39 is 11.9 Å². The molecule has 0 aliphatic rings. The van der Waals surface area contributed by atoms with Gasteiger partial charge in [-0.05, 0) is 54.3 Å². The lowest BCUT2D eigenvalue weighted by Crippen LogP contribution is -2.20. The van der Waals surface area contributed by atoms with Gasteiger partial charge in [-0.15, -0.1) is 11.3 Å². The normalized spacial score (nSPS) is 10.3. The van der Waals surface area contributed by atoms with Crippen molar-refractivity contribution in [1.82, 2.24) is 0 Å². The number of carbonyl (C=O) groups is 2. The number of aryl methyl sites for hydroxylation is 1. The number of esters is 1. The Bertz CT molecular complexity index is 770. The average molecular weight is 326 g/mol. The molecular weight excluding hydrogens is 312 g/mol. The molecule has 0 unspecified atom stereocenters. The third-order valence-electron chi connectivity index (χ3n) is 2.92. The standard InChI is InChI=1S/C17H14N2O3S/c1-12-8-9-23-15(12)6-7-17(21)22-11-16(20)19-14-4-2-13(10-18)3-5-14/h2-9H,11H2,1H3,(H,19,20)/b7-6+. The van der Waals surface area contributed by atoms with Gasteiger partial charge in [-0.2, -0.15) is 5.26 Å². The van der Waals surface area contributed by atoms with Crippen LogP contribution in [0.3, 0.4) is 0 Å². The molecule has 1 N–H and O–H groups in total. The topological polar surface area (TPSA) is 79.2 Å². The second-order valence-corrected chi connectivity index (χ2v) is 5.59. The number of hydrogen-bond acceptors (Lipinski definition) is 5. The van der Waals surface area contributed by atoms with Gasteiger partial charge >= 0.3 is 5.97 Å². The van der Waals surface area contributed by atoms with E-state index in [4.69, 9.17) is 10.00 Å². The highest BCUT2D eigenvalue weighted by atomic mass is 32.1. The van der Waals surface area contributed by atoms with Crippen molar-refractivity contribution >= 4 is 35.0 Å². The Morgan fingerprint density at radius 1 is 1.30 bits per heavy atom. The molecule has 1 aromatic heterocycles. The van der Waals surface area contributed by atoms with E-state index in [1.807, 2.05) is 24.4 Å². The fourth-order valence-corrected chi connectivity index (χ4v) is 2.53. The molecule has 0 fully saturated rings. The fraction of sp³-hybridized carbons (Fsp3) is 0.118. The zero-order valence-electron chi connectivity index (χ0n) is 12.4. The summed E-state index contributed by atoms with van der Waals surface area (Å²) < 4.78 is 4.87. The van der Waals surface area contributed by atoms with E-state index >= 15 is 0 Å². The predicted molar refractivity (Wildman–Crippen MR) is 88.8 cm³/mol. The molecule has 23 heavy (non-hydrogen) atoms. The molecule has 0 radical (unpaired) electrons. The van der Waals surface area contributed by atoms with Gasteiger partial charge in [0.15, 0.2) is 6.61 Å². The number of nitriles is 1. The highest BCUT2D eigenvalue weighted by molar-refractivity contribution is 7.11. The van der Waals surface area contributed by atoms with Crippen molar-refractivity contribution in [3.8, 4) is 6.07 Å². The number of ether oxygens (including phenoxy) is 1. The summed E-state index contributed by atoms with van der Waals surface area (Å²) in [6.45, 7) is 1.58. The summed E-state index contributed by atoms with van der Waals surface area (Å²) in [7, 11) is 0. The van der Waals surface area contributed by atoms with Gasteiger partial charge in [0.1, 0.15) is 0 Å². The van der Waals surface area contributed by atoms with Crippen molar-refractivity contribution in [2.24, 2.45) is 0 Å². The van der Waals surface area contributed by atoms with E-state index in [0.29, 0.717) is 11.3 Å². The quantitative estimate of drug-likeness (QED) is 0.676. The van der Waals surface area contributed by atoms with Crippen molar-refractivity contribution in [3.05, 3.63) is 57.8 Å². The van der Waals surface area contributed by atoms with Crippen LogP contribution >= 0.6 is 11.3 Å². The minimum atomic E-state index is -0.576. The second-order valence-electron chi connectivity index (χ2n) is 4.65. The molecular formula is C17H14N2O3S. The summed E-state index contributed by atoms with van der Waals surface area (Å²) in [4.78, 5) is 24.2. The van der Waals surface area contributed by atoms with Gasteiger partial charge in [0.2, 0.25) is 0 Å². The van der Waals surface area contributed by atoms with Crippen LogP contribution in [-0.4, -0.2) is 18.5 Å². The lowest BCUT2D eigenvalue weighted by molar-refractivity contribution is -0.142. The van der Waals surface area contributed by atoms with Crippen molar-refractivity contribution < 1.29 is 14.3 Å². The predicted octanol–water partition coefficient (Wildman–Crippen LogP) is 3.12. The Labute approximate surface area is 137 Å². The molecule has 0 saturated carbocycles. The summed E-state index contributed by atoms with van der Waals surface area (Å²) in [6, 6.07) is 10.3. The minimum Gasteiger partial charge on any atom is -0.452 e. The maximum absolute atomic E-state index is 11.7. The van der Waals surface area contributed by atoms with Gasteiger partial charge in [-0.25, -0.2) is 4.79 Å². The molecule has 0 saturated heterocycles. The lowest BCUT2D eigenvalue weighted by Gasteiger charge is -2.05. The van der Waals surface area contributed by atoms with Crippen LogP contribution in [0.4, 0.5) is 5.69 Å². The molecule has 116 valence electrons. The number of benzene rings is 1. The van der Waals surface area contributed by atoms with Crippen molar-refractivity contribution in [3.63, 3.8) is 0 Å². The maximum Gasteiger partial charge on any atom is 0.331 e. The van der Waals surface area contributed by atoms with Crippen LogP contribution in [0, 0.1) is 18.3 Å². The van der Waals surface area contributed by atoms with Crippen LogP contribution in [0.5, 0.6) is 0 Å². The summed E-state index contributed by atoms with van der Waals surface area (Å²) >= 11 is 1.52. The largest absolute Gasteiger partial charge is 0.452 e. The molecule has 0 spiro atoms. The number of nitrogens with zero attached hydrogens (tertiary/aromatic N) is 1. The van der Waals surface area contributed by atoms with E-state index in [-0.39, 0.29) is 6.61 Å². The van der Waals surface area contributed by atoms with Crippen LogP contribution in [0.1, 0.15) is 16.0 Å². The van der Waals surface area contributed by atoms with Crippen LogP contribution < -0.4 is 5.32 Å². The van der Waals surface area contributed by atoms with Gasteiger partial charge in [-0.3, -0.25) is 4.79 Å². The molecule has 0 aliphatic heterocycles. The summed E-state index contributed by atoms with van der Waals surface area (Å²) in [5.74, 6) is -1.02. The summed E-state index contributed by atoms with van der Waals surface area (Å²) in [5, 5.41) is 13.2. The monoisotopic (exact) mass is 326 g/mol. The highest BCUT2D eigenvalue weighted by Gasteiger charge is 2.06. The Kier molecular flexibility index (Phi) is 5.67. The fourth-order valence-electron chi connectivity index (χ4n) is 1.71. The minimum absolute atomic E-state index is 0.368. The van der Waals surface area contributed by atoms with E-state index in [0.717, 1.165) is 10.4 Å². The van der Waals surface area contributed by atoms with Gasteiger partial charge in [-0.1, -0.05) is 0 Å². The number of thiophene rings is 1. The number of anilines is 1. The molecule has 1 aromatic carbocycles. The average Bonchev–Trinajstić information content (AvgIpc) is 2.97. The molecule has 5 nitrogen and oxygen atoms in total. The molecule has 2 aromatic rings. The zero-order chi connectivity index (χ0) is 16.7. The number of carbonyl (C=O) groups excluding carboxylic acids is 2. The Morgan fingerprint density at radius 2 is 2.04 bits per heavy atom. The van der Waals surface area contributed by atoms with Crippen LogP contribution in [-0.2, 0) is 14.3 Å². The first-order valence-corrected chi connectivity index (χ1v) is 7.65. The molecule has 0 bridgehead atoms. The van der Waals surface area contributed by atoms with Crippen molar-refractivity contribution in [1.29, 1.82) is 5.26 Å². The van der Waals surface area contributed by atoms with E-state index in [1.165, 1.54) is 17.4 Å². The SMILES string of the molecule is Cc1ccsc1/C=C/C(=O)OCC(=O)Nc1ccc(C#N)cc1. The maximum atomic E-state index is 11.7. The van der Waals surface area contributed by atoms with Gasteiger partial charge in [0, 0.05) is 16.6 Å². The van der Waals surface area contributed by atoms with Crippen LogP contribution in [0.15, 0.2) is 41.8 Å². The lowest BCUT2D eigenvalue weighted by atomic mass is 10.2. The Balaban J connectivity index is 1.79. The van der Waals surface area contributed by atoms with Gasteiger partial charge in [0.05, 0.1) is 11.6 Å². The first-order valence-electron chi connectivity index (χ1n) is 6.77. The second kappa shape index (κ2) is 7.92. The molecule has 1 amide bonds. The number of nitrogens with one attached hydrogen (secondary N) is 1. The molecule has 0 atom stereocenters. The summed E-state index contributed by atoms with van der Waals surface area (Å²) in [6.07, 6.45) is 2.97. The molecule has 1 heterocycles. The Morgan fingerprint density at radius 3 is 2.65 bits per heavy atom. The third-order valence-corrected chi connectivity index (χ3v) is 3.90. The highest BCUT2D eigenvalue weighted by Crippen LogP contribution is 2.17.